The van der Waals surface area contributed by atoms with Crippen LogP contribution in [0.2, 0.25) is 0 Å². The Bertz CT molecular complexity index is 122. The third kappa shape index (κ3) is 2.22. The van der Waals surface area contributed by atoms with Crippen LogP contribution in [0.25, 0.3) is 0 Å². The van der Waals surface area contributed by atoms with Crippen LogP contribution in [0.1, 0.15) is 6.92 Å². The SMILES string of the molecule is CC(O)N([C]=O)C(F)(F)F. The van der Waals surface area contributed by atoms with Crippen LogP contribution in [0.15, 0.2) is 0 Å². The van der Waals surface area contributed by atoms with E-state index in [2.05, 4.69) is 0 Å². The van der Waals surface area contributed by atoms with Crippen LogP contribution < -0.4 is 0 Å². The van der Waals surface area contributed by atoms with Crippen molar-refractivity contribution in [3.8, 4) is 0 Å². The minimum absolute atomic E-state index is 0.550. The second kappa shape index (κ2) is 2.87. The van der Waals surface area contributed by atoms with Crippen LogP contribution in [-0.2, 0) is 4.79 Å². The van der Waals surface area contributed by atoms with Gasteiger partial charge in [0.1, 0.15) is 6.23 Å². The van der Waals surface area contributed by atoms with Crippen molar-refractivity contribution in [2.24, 2.45) is 0 Å². The molecule has 1 radical (unpaired) electrons. The highest BCUT2D eigenvalue weighted by molar-refractivity contribution is 5.48. The van der Waals surface area contributed by atoms with Gasteiger partial charge in [-0.25, -0.2) is 4.90 Å². The summed E-state index contributed by atoms with van der Waals surface area (Å²) in [6.45, 7) is 0.818. The van der Waals surface area contributed by atoms with Crippen LogP contribution in [0.4, 0.5) is 13.2 Å². The lowest BCUT2D eigenvalue weighted by Gasteiger charge is -2.21. The molecule has 0 aromatic heterocycles. The highest BCUT2D eigenvalue weighted by Gasteiger charge is 2.39. The normalized spacial score (nSPS) is 14.5. The highest BCUT2D eigenvalue weighted by Crippen LogP contribution is 2.20. The molecule has 3 nitrogen and oxygen atoms in total. The lowest BCUT2D eigenvalue weighted by molar-refractivity contribution is -0.250. The molecule has 0 aromatic carbocycles. The minimum atomic E-state index is -4.85. The molecule has 0 rings (SSSR count). The molecule has 0 fully saturated rings. The Morgan fingerprint density at radius 3 is 2.00 bits per heavy atom. The van der Waals surface area contributed by atoms with Crippen molar-refractivity contribution < 1.29 is 23.1 Å². The summed E-state index contributed by atoms with van der Waals surface area (Å²) < 4.78 is 34.4. The molecule has 0 saturated heterocycles. The zero-order valence-corrected chi connectivity index (χ0v) is 5.01. The van der Waals surface area contributed by atoms with E-state index in [0.29, 0.717) is 6.41 Å². The fraction of sp³-hybridized carbons (Fsp3) is 0.750. The van der Waals surface area contributed by atoms with Crippen LogP contribution in [0, 0.1) is 0 Å². The van der Waals surface area contributed by atoms with Gasteiger partial charge in [-0.1, -0.05) is 0 Å². The van der Waals surface area contributed by atoms with Crippen molar-refractivity contribution in [2.45, 2.75) is 19.5 Å². The number of alkyl halides is 3. The van der Waals surface area contributed by atoms with Crippen molar-refractivity contribution in [3.63, 3.8) is 0 Å². The molecule has 1 N–H and O–H groups in total. The van der Waals surface area contributed by atoms with Gasteiger partial charge in [-0.15, -0.1) is 13.2 Å². The third-order valence-corrected chi connectivity index (χ3v) is 0.745. The van der Waals surface area contributed by atoms with E-state index in [1.807, 2.05) is 0 Å². The fourth-order valence-electron chi connectivity index (χ4n) is 0.340. The lowest BCUT2D eigenvalue weighted by Crippen LogP contribution is -2.42. The number of hydrogen-bond acceptors (Lipinski definition) is 2. The molecule has 59 valence electrons. The molecule has 0 aliphatic carbocycles. The van der Waals surface area contributed by atoms with E-state index in [9.17, 15) is 18.0 Å². The van der Waals surface area contributed by atoms with Crippen LogP contribution in [0.5, 0.6) is 0 Å². The molecule has 0 spiro atoms. The van der Waals surface area contributed by atoms with Crippen molar-refractivity contribution in [1.29, 1.82) is 0 Å². The van der Waals surface area contributed by atoms with E-state index in [-0.39, 0.29) is 0 Å². The summed E-state index contributed by atoms with van der Waals surface area (Å²) in [5.41, 5.74) is 0. The summed E-state index contributed by atoms with van der Waals surface area (Å²) >= 11 is 0. The third-order valence-electron chi connectivity index (χ3n) is 0.745. The van der Waals surface area contributed by atoms with E-state index >= 15 is 0 Å². The van der Waals surface area contributed by atoms with Gasteiger partial charge < -0.3 is 5.11 Å². The molecule has 0 aliphatic rings. The summed E-state index contributed by atoms with van der Waals surface area (Å²) in [7, 11) is 0. The quantitative estimate of drug-likeness (QED) is 0.353. The van der Waals surface area contributed by atoms with Crippen molar-refractivity contribution in [3.05, 3.63) is 0 Å². The predicted molar refractivity (Wildman–Crippen MR) is 25.3 cm³/mol. The number of rotatable bonds is 2. The molecule has 0 bridgehead atoms. The van der Waals surface area contributed by atoms with Crippen LogP contribution >= 0.6 is 0 Å². The number of hydrogen-bond donors (Lipinski definition) is 1. The molecule has 6 heteroatoms. The van der Waals surface area contributed by atoms with Gasteiger partial charge in [0.05, 0.1) is 0 Å². The minimum Gasteiger partial charge on any atom is -0.373 e. The van der Waals surface area contributed by atoms with Gasteiger partial charge in [-0.05, 0) is 6.92 Å². The Morgan fingerprint density at radius 2 is 2.00 bits per heavy atom. The lowest BCUT2D eigenvalue weighted by atomic mass is 10.6. The Balaban J connectivity index is 4.21. The van der Waals surface area contributed by atoms with Crippen LogP contribution in [-0.4, -0.2) is 28.9 Å². The van der Waals surface area contributed by atoms with E-state index < -0.39 is 17.4 Å². The molecular weight excluding hydrogens is 151 g/mol. The Kier molecular flexibility index (Phi) is 2.65. The Morgan fingerprint density at radius 1 is 1.60 bits per heavy atom. The number of halogens is 3. The topological polar surface area (TPSA) is 40.5 Å². The fourth-order valence-corrected chi connectivity index (χ4v) is 0.340. The molecule has 0 aliphatic heterocycles. The summed E-state index contributed by atoms with van der Waals surface area (Å²) in [5.74, 6) is 0. The number of amides is 1. The predicted octanol–water partition coefficient (Wildman–Crippen LogP) is 0.214. The summed E-state index contributed by atoms with van der Waals surface area (Å²) in [4.78, 5) is 8.74. The Labute approximate surface area is 55.0 Å². The first-order chi connectivity index (χ1) is 4.39. The van der Waals surface area contributed by atoms with Gasteiger partial charge in [-0.2, -0.15) is 0 Å². The second-order valence-corrected chi connectivity index (χ2v) is 1.56. The maximum Gasteiger partial charge on any atom is 0.489 e. The van der Waals surface area contributed by atoms with Gasteiger partial charge in [0.2, 0.25) is 0 Å². The monoisotopic (exact) mass is 156 g/mol. The average molecular weight is 156 g/mol. The standard InChI is InChI=1S/C4H5F3NO2/c1-3(10)8(2-9)4(5,6)7/h3,10H,1H3. The molecular formula is C4H5F3NO2. The Hall–Kier alpha value is -0.780. The van der Waals surface area contributed by atoms with Crippen LogP contribution in [0.3, 0.4) is 0 Å². The maximum absolute atomic E-state index is 11.5. The molecule has 1 amide bonds. The van der Waals surface area contributed by atoms with Crippen molar-refractivity contribution in [2.75, 3.05) is 0 Å². The van der Waals surface area contributed by atoms with E-state index in [0.717, 1.165) is 6.92 Å². The average Bonchev–Trinajstić information content (AvgIpc) is 1.60. The largest absolute Gasteiger partial charge is 0.489 e. The number of nitrogens with zero attached hydrogens (tertiary/aromatic N) is 1. The van der Waals surface area contributed by atoms with E-state index in [4.69, 9.17) is 5.11 Å². The first-order valence-electron chi connectivity index (χ1n) is 2.31. The first-order valence-corrected chi connectivity index (χ1v) is 2.31. The zero-order valence-electron chi connectivity index (χ0n) is 5.01. The molecule has 0 saturated carbocycles. The van der Waals surface area contributed by atoms with Gasteiger partial charge in [-0.3, -0.25) is 4.79 Å². The van der Waals surface area contributed by atoms with Crippen molar-refractivity contribution >= 4 is 6.41 Å². The highest BCUT2D eigenvalue weighted by atomic mass is 19.4. The van der Waals surface area contributed by atoms with E-state index in [1.54, 1.807) is 0 Å². The maximum atomic E-state index is 11.5. The smallest absolute Gasteiger partial charge is 0.373 e. The summed E-state index contributed by atoms with van der Waals surface area (Å²) in [6, 6.07) is 0. The summed E-state index contributed by atoms with van der Waals surface area (Å²) in [5, 5.41) is 8.29. The summed E-state index contributed by atoms with van der Waals surface area (Å²) in [6.07, 6.45) is -6.19. The van der Waals surface area contributed by atoms with Gasteiger partial charge in [0, 0.05) is 0 Å². The number of carbonyl (C=O) groups excluding carboxylic acids is 1. The van der Waals surface area contributed by atoms with Crippen molar-refractivity contribution in [1.82, 2.24) is 4.90 Å². The van der Waals surface area contributed by atoms with E-state index in [1.165, 1.54) is 0 Å². The van der Waals surface area contributed by atoms with Gasteiger partial charge in [0.15, 0.2) is 0 Å². The molecule has 10 heavy (non-hydrogen) atoms. The molecule has 1 unspecified atom stereocenters. The number of aliphatic hydroxyl groups excluding tert-OH is 1. The van der Waals surface area contributed by atoms with Gasteiger partial charge >= 0.3 is 12.7 Å². The number of aliphatic hydroxyl groups is 1. The molecule has 0 heterocycles. The molecule has 1 atom stereocenters. The first kappa shape index (κ1) is 9.22. The van der Waals surface area contributed by atoms with Gasteiger partial charge in [0.25, 0.3) is 0 Å². The zero-order chi connectivity index (χ0) is 8.36. The second-order valence-electron chi connectivity index (χ2n) is 1.56. The molecule has 0 aromatic rings.